The SMILES string of the molecule is C=Cc1ccccc1[C@H](Nc1ccc(OC)cc1)c1ccccc1Cl. The van der Waals surface area contributed by atoms with Gasteiger partial charge in [-0.15, -0.1) is 0 Å². The van der Waals surface area contributed by atoms with Crippen LogP contribution in [0.4, 0.5) is 5.69 Å². The summed E-state index contributed by atoms with van der Waals surface area (Å²) in [6, 6.07) is 23.9. The van der Waals surface area contributed by atoms with E-state index in [1.807, 2.05) is 66.7 Å². The zero-order valence-electron chi connectivity index (χ0n) is 14.1. The quantitative estimate of drug-likeness (QED) is 0.572. The van der Waals surface area contributed by atoms with Gasteiger partial charge in [-0.3, -0.25) is 0 Å². The van der Waals surface area contributed by atoms with Crippen LogP contribution in [0.2, 0.25) is 5.02 Å². The van der Waals surface area contributed by atoms with Crippen LogP contribution in [0.15, 0.2) is 79.4 Å². The minimum absolute atomic E-state index is 0.0868. The van der Waals surface area contributed by atoms with Crippen LogP contribution in [0.5, 0.6) is 5.75 Å². The van der Waals surface area contributed by atoms with Crippen molar-refractivity contribution in [2.45, 2.75) is 6.04 Å². The number of hydrogen-bond acceptors (Lipinski definition) is 2. The van der Waals surface area contributed by atoms with Crippen molar-refractivity contribution in [2.75, 3.05) is 12.4 Å². The van der Waals surface area contributed by atoms with E-state index in [9.17, 15) is 0 Å². The fourth-order valence-electron chi connectivity index (χ4n) is 2.85. The first-order valence-electron chi connectivity index (χ1n) is 8.09. The average molecular weight is 350 g/mol. The molecule has 3 heteroatoms. The van der Waals surface area contributed by atoms with Crippen molar-refractivity contribution in [3.05, 3.63) is 101 Å². The zero-order chi connectivity index (χ0) is 17.6. The van der Waals surface area contributed by atoms with E-state index in [2.05, 4.69) is 24.0 Å². The minimum Gasteiger partial charge on any atom is -0.497 e. The summed E-state index contributed by atoms with van der Waals surface area (Å²) >= 11 is 6.49. The smallest absolute Gasteiger partial charge is 0.119 e. The van der Waals surface area contributed by atoms with E-state index < -0.39 is 0 Å². The van der Waals surface area contributed by atoms with Gasteiger partial charge in [-0.25, -0.2) is 0 Å². The number of hydrogen-bond donors (Lipinski definition) is 1. The first kappa shape index (κ1) is 17.1. The van der Waals surface area contributed by atoms with Crippen molar-refractivity contribution in [3.8, 4) is 5.75 Å². The monoisotopic (exact) mass is 349 g/mol. The van der Waals surface area contributed by atoms with Crippen LogP contribution in [-0.2, 0) is 0 Å². The first-order chi connectivity index (χ1) is 12.2. The molecule has 126 valence electrons. The third-order valence-electron chi connectivity index (χ3n) is 4.14. The van der Waals surface area contributed by atoms with E-state index in [1.165, 1.54) is 0 Å². The first-order valence-corrected chi connectivity index (χ1v) is 8.47. The topological polar surface area (TPSA) is 21.3 Å². The lowest BCUT2D eigenvalue weighted by Crippen LogP contribution is -2.14. The van der Waals surface area contributed by atoms with Gasteiger partial charge in [0.25, 0.3) is 0 Å². The Balaban J connectivity index is 2.05. The minimum atomic E-state index is -0.0868. The molecule has 2 nitrogen and oxygen atoms in total. The van der Waals surface area contributed by atoms with Gasteiger partial charge in [0.2, 0.25) is 0 Å². The normalized spacial score (nSPS) is 11.6. The molecule has 3 rings (SSSR count). The number of rotatable bonds is 6. The maximum atomic E-state index is 6.49. The average Bonchev–Trinajstić information content (AvgIpc) is 2.67. The number of ether oxygens (including phenoxy) is 1. The third-order valence-corrected chi connectivity index (χ3v) is 4.49. The Kier molecular flexibility index (Phi) is 5.42. The van der Waals surface area contributed by atoms with Crippen molar-refractivity contribution in [3.63, 3.8) is 0 Å². The molecule has 0 aliphatic rings. The molecule has 0 fully saturated rings. The molecule has 0 radical (unpaired) electrons. The summed E-state index contributed by atoms with van der Waals surface area (Å²) < 4.78 is 5.24. The van der Waals surface area contributed by atoms with Crippen molar-refractivity contribution in [2.24, 2.45) is 0 Å². The maximum Gasteiger partial charge on any atom is 0.119 e. The number of halogens is 1. The lowest BCUT2D eigenvalue weighted by molar-refractivity contribution is 0.415. The second kappa shape index (κ2) is 7.91. The Hall–Kier alpha value is -2.71. The van der Waals surface area contributed by atoms with Gasteiger partial charge in [-0.2, -0.15) is 0 Å². The van der Waals surface area contributed by atoms with Crippen LogP contribution in [0.1, 0.15) is 22.7 Å². The largest absolute Gasteiger partial charge is 0.497 e. The molecule has 0 saturated heterocycles. The van der Waals surface area contributed by atoms with Crippen LogP contribution < -0.4 is 10.1 Å². The van der Waals surface area contributed by atoms with E-state index >= 15 is 0 Å². The summed E-state index contributed by atoms with van der Waals surface area (Å²) in [5.41, 5.74) is 4.22. The summed E-state index contributed by atoms with van der Waals surface area (Å²) in [5, 5.41) is 4.32. The van der Waals surface area contributed by atoms with Crippen molar-refractivity contribution >= 4 is 23.4 Å². The van der Waals surface area contributed by atoms with E-state index in [-0.39, 0.29) is 6.04 Å². The van der Waals surface area contributed by atoms with Crippen LogP contribution in [0, 0.1) is 0 Å². The van der Waals surface area contributed by atoms with Gasteiger partial charge in [0.1, 0.15) is 5.75 Å². The fourth-order valence-corrected chi connectivity index (χ4v) is 3.09. The van der Waals surface area contributed by atoms with Crippen LogP contribution in [0.3, 0.4) is 0 Å². The van der Waals surface area contributed by atoms with E-state index in [0.29, 0.717) is 0 Å². The molecule has 3 aromatic carbocycles. The van der Waals surface area contributed by atoms with E-state index in [1.54, 1.807) is 7.11 Å². The van der Waals surface area contributed by atoms with Gasteiger partial charge in [-0.1, -0.05) is 66.7 Å². The Labute approximate surface area is 153 Å². The molecule has 0 unspecified atom stereocenters. The molecule has 3 aromatic rings. The summed E-state index contributed by atoms with van der Waals surface area (Å²) in [6.07, 6.45) is 1.87. The number of nitrogens with one attached hydrogen (secondary N) is 1. The number of methoxy groups -OCH3 is 1. The van der Waals surface area contributed by atoms with Crippen molar-refractivity contribution in [1.82, 2.24) is 0 Å². The lowest BCUT2D eigenvalue weighted by Gasteiger charge is -2.24. The van der Waals surface area contributed by atoms with Gasteiger partial charge in [0.05, 0.1) is 13.2 Å². The Morgan fingerprint density at radius 2 is 1.56 bits per heavy atom. The Morgan fingerprint density at radius 1 is 0.920 bits per heavy atom. The molecule has 0 heterocycles. The second-order valence-corrected chi connectivity index (χ2v) is 6.07. The zero-order valence-corrected chi connectivity index (χ0v) is 14.8. The predicted octanol–water partition coefficient (Wildman–Crippen LogP) is 6.19. The highest BCUT2D eigenvalue weighted by Crippen LogP contribution is 2.33. The highest BCUT2D eigenvalue weighted by atomic mass is 35.5. The van der Waals surface area contributed by atoms with Gasteiger partial charge in [0, 0.05) is 10.7 Å². The summed E-state index contributed by atoms with van der Waals surface area (Å²) in [4.78, 5) is 0. The summed E-state index contributed by atoms with van der Waals surface area (Å²) in [7, 11) is 1.66. The predicted molar refractivity (Wildman–Crippen MR) is 106 cm³/mol. The second-order valence-electron chi connectivity index (χ2n) is 5.66. The van der Waals surface area contributed by atoms with Gasteiger partial charge in [0.15, 0.2) is 0 Å². The molecule has 1 atom stereocenters. The van der Waals surface area contributed by atoms with Crippen LogP contribution in [-0.4, -0.2) is 7.11 Å². The molecule has 0 aliphatic carbocycles. The molecular weight excluding hydrogens is 330 g/mol. The van der Waals surface area contributed by atoms with Gasteiger partial charge < -0.3 is 10.1 Å². The van der Waals surface area contributed by atoms with Crippen molar-refractivity contribution in [1.29, 1.82) is 0 Å². The number of anilines is 1. The maximum absolute atomic E-state index is 6.49. The van der Waals surface area contributed by atoms with E-state index in [0.717, 1.165) is 33.1 Å². The molecule has 0 bridgehead atoms. The van der Waals surface area contributed by atoms with Crippen molar-refractivity contribution < 1.29 is 4.74 Å². The Morgan fingerprint density at radius 3 is 2.20 bits per heavy atom. The molecule has 1 N–H and O–H groups in total. The molecular formula is C22H20ClNO. The molecule has 0 aromatic heterocycles. The highest BCUT2D eigenvalue weighted by molar-refractivity contribution is 6.31. The Bertz CT molecular complexity index is 858. The lowest BCUT2D eigenvalue weighted by atomic mass is 9.94. The van der Waals surface area contributed by atoms with Gasteiger partial charge >= 0.3 is 0 Å². The van der Waals surface area contributed by atoms with Crippen LogP contribution >= 0.6 is 11.6 Å². The third kappa shape index (κ3) is 3.86. The summed E-state index contributed by atoms with van der Waals surface area (Å²) in [6.45, 7) is 3.94. The standard InChI is InChI=1S/C22H20ClNO/c1-3-16-8-4-5-9-19(16)22(20-10-6-7-11-21(20)23)24-17-12-14-18(25-2)15-13-17/h3-15,22,24H,1H2,2H3/t22-/m0/s1. The molecule has 0 amide bonds. The van der Waals surface area contributed by atoms with Crippen LogP contribution in [0.25, 0.3) is 6.08 Å². The number of benzene rings is 3. The molecule has 0 saturated carbocycles. The molecule has 25 heavy (non-hydrogen) atoms. The van der Waals surface area contributed by atoms with E-state index in [4.69, 9.17) is 16.3 Å². The molecule has 0 aliphatic heterocycles. The summed E-state index contributed by atoms with van der Waals surface area (Å²) in [5.74, 6) is 0.825. The fraction of sp³-hybridized carbons (Fsp3) is 0.0909. The highest BCUT2D eigenvalue weighted by Gasteiger charge is 2.19. The molecule has 0 spiro atoms. The van der Waals surface area contributed by atoms with Gasteiger partial charge in [-0.05, 0) is 47.0 Å².